The summed E-state index contributed by atoms with van der Waals surface area (Å²) in [5, 5.41) is 51.2. The smallest absolute Gasteiger partial charge is 0.243 e. The molecule has 0 aromatic heterocycles. The molecule has 0 spiro atoms. The lowest BCUT2D eigenvalue weighted by atomic mass is 9.76. The zero-order valence-electron chi connectivity index (χ0n) is 53.2. The highest BCUT2D eigenvalue weighted by molar-refractivity contribution is 7.42. The predicted octanol–water partition coefficient (Wildman–Crippen LogP) is 14.4. The van der Waals surface area contributed by atoms with Crippen LogP contribution in [0.3, 0.4) is 0 Å². The number of carbonyl (C=O) groups is 2. The summed E-state index contributed by atoms with van der Waals surface area (Å²) in [7, 11) is 0.235. The van der Waals surface area contributed by atoms with E-state index in [1.54, 1.807) is 6.08 Å². The van der Waals surface area contributed by atoms with Crippen molar-refractivity contribution in [3.05, 3.63) is 110 Å². The van der Waals surface area contributed by atoms with Gasteiger partial charge in [-0.2, -0.15) is 0 Å². The molecular formula is C69H121N4O6P. The van der Waals surface area contributed by atoms with E-state index in [-0.39, 0.29) is 54.4 Å². The molecule has 11 heteroatoms. The standard InChI is InChI=1S/C69H121N4O6P/c1-16-18-19-20-25-37-56(6)47-59(74)49-72(50-62(75)57(7)38-27-21-22-31-43-69(14,15)53-67(9,10)11)44-33-29-40-60-65(78)71-61(66(79)70-60)41-30-34-45-73(51-63(76)58(8)39-28-23-26-36-55(5)17-2)52-64(77)80-46-35-24-32-42-68(12,13)48-54(3)4/h16,18-19,21,25-28,31-32,35-37,39,42-43,46,54-64,74-77,80H,1,17,20,22-24,29-30,33-34,38,40-41,44-45,47-53H2,2-15H3,(H,70,79)(H,71,78)/b19-18-,27-21-,36-26-,37-25-,39-28-,42-32-,43-31-,46-35-. The Labute approximate surface area is 492 Å². The second-order valence-corrected chi connectivity index (χ2v) is 28.0. The summed E-state index contributed by atoms with van der Waals surface area (Å²) in [5.74, 6) is 2.53. The van der Waals surface area contributed by atoms with Crippen molar-refractivity contribution in [1.82, 2.24) is 20.4 Å². The average molecular weight is 1130 g/mol. The lowest BCUT2D eigenvalue weighted by molar-refractivity contribution is -0.137. The van der Waals surface area contributed by atoms with Crippen molar-refractivity contribution in [1.29, 1.82) is 0 Å². The second kappa shape index (κ2) is 41.7. The van der Waals surface area contributed by atoms with Crippen molar-refractivity contribution in [2.75, 3.05) is 39.3 Å². The minimum absolute atomic E-state index is 0.0309. The number of nitrogens with one attached hydrogen (secondary N) is 2. The summed E-state index contributed by atoms with van der Waals surface area (Å²) in [4.78, 5) is 31.2. The summed E-state index contributed by atoms with van der Waals surface area (Å²) in [6.45, 7) is 37.8. The van der Waals surface area contributed by atoms with Crippen molar-refractivity contribution >= 4 is 20.4 Å². The Morgan fingerprint density at radius 3 is 1.71 bits per heavy atom. The van der Waals surface area contributed by atoms with E-state index in [2.05, 4.69) is 202 Å². The molecule has 1 fully saturated rings. The molecule has 1 aliphatic rings. The molecule has 0 aromatic carbocycles. The van der Waals surface area contributed by atoms with E-state index < -0.39 is 36.2 Å². The third-order valence-electron chi connectivity index (χ3n) is 14.9. The van der Waals surface area contributed by atoms with Gasteiger partial charge in [-0.1, -0.05) is 222 Å². The van der Waals surface area contributed by atoms with Gasteiger partial charge in [0, 0.05) is 32.1 Å². The summed E-state index contributed by atoms with van der Waals surface area (Å²) in [6.07, 6.45) is 44.3. The third kappa shape index (κ3) is 38.5. The molecule has 1 heterocycles. The van der Waals surface area contributed by atoms with E-state index in [9.17, 15) is 30.0 Å². The van der Waals surface area contributed by atoms with Gasteiger partial charge in [-0.25, -0.2) is 0 Å². The third-order valence-corrected chi connectivity index (χ3v) is 15.9. The van der Waals surface area contributed by atoms with Gasteiger partial charge in [0.1, 0.15) is 12.1 Å². The second-order valence-electron chi connectivity index (χ2n) is 26.7. The number of nitrogens with zero attached hydrogens (tertiary/aromatic N) is 2. The Kier molecular flexibility index (Phi) is 39.0. The number of aliphatic hydroxyl groups is 4. The van der Waals surface area contributed by atoms with Gasteiger partial charge in [-0.3, -0.25) is 19.4 Å². The molecule has 2 amide bonds. The molecule has 0 radical (unpaired) electrons. The minimum Gasteiger partial charge on any atom is -0.392 e. The molecule has 80 heavy (non-hydrogen) atoms. The number of aliphatic hydroxyl groups excluding tert-OH is 4. The molecule has 1 saturated heterocycles. The SMILES string of the molecule is C=C/C=C\C/C=C\C(C)CC(O)CN(CCCCC1NC(=O)C(CCCCN(CC(O)P/C=C\C/C=C\C(C)(C)CC(C)C)CC(O)C(C)/C=C\C/C=C\C(C)CC)NC1=O)CC(O)C(C)C/C=C\C/C=C\C(C)(C)CC(C)(C)C. The first kappa shape index (κ1) is 74.8. The number of unbranched alkanes of at least 4 members (excludes halogenated alkanes) is 2. The van der Waals surface area contributed by atoms with E-state index >= 15 is 0 Å². The van der Waals surface area contributed by atoms with Crippen molar-refractivity contribution in [2.24, 2.45) is 45.8 Å². The van der Waals surface area contributed by atoms with E-state index in [1.807, 2.05) is 19.1 Å². The maximum absolute atomic E-state index is 13.4. The highest BCUT2D eigenvalue weighted by Crippen LogP contribution is 2.34. The molecule has 0 saturated carbocycles. The molecule has 0 bridgehead atoms. The van der Waals surface area contributed by atoms with Crippen molar-refractivity contribution in [2.45, 2.75) is 229 Å². The fraction of sp³-hybridized carbons (Fsp3) is 0.710. The zero-order valence-corrected chi connectivity index (χ0v) is 54.2. The van der Waals surface area contributed by atoms with Gasteiger partial charge in [0.25, 0.3) is 0 Å². The van der Waals surface area contributed by atoms with Crippen LogP contribution in [0.25, 0.3) is 0 Å². The van der Waals surface area contributed by atoms with Crippen LogP contribution in [0, 0.1) is 45.8 Å². The minimum atomic E-state index is -0.614. The summed E-state index contributed by atoms with van der Waals surface area (Å²) < 4.78 is 0. The van der Waals surface area contributed by atoms with Crippen LogP contribution in [0.1, 0.15) is 193 Å². The van der Waals surface area contributed by atoms with Gasteiger partial charge >= 0.3 is 0 Å². The van der Waals surface area contributed by atoms with Crippen molar-refractivity contribution in [3.8, 4) is 0 Å². The molecule has 458 valence electrons. The van der Waals surface area contributed by atoms with E-state index in [4.69, 9.17) is 0 Å². The highest BCUT2D eigenvalue weighted by atomic mass is 31.1. The molecule has 11 atom stereocenters. The number of hydrogen-bond donors (Lipinski definition) is 6. The van der Waals surface area contributed by atoms with Crippen molar-refractivity contribution < 1.29 is 30.0 Å². The van der Waals surface area contributed by atoms with Gasteiger partial charge in [0.2, 0.25) is 11.8 Å². The normalized spacial score (nSPS) is 19.7. The molecular weight excluding hydrogens is 1010 g/mol. The van der Waals surface area contributed by atoms with Gasteiger partial charge < -0.3 is 31.1 Å². The van der Waals surface area contributed by atoms with Gasteiger partial charge in [0.15, 0.2) is 0 Å². The van der Waals surface area contributed by atoms with E-state index in [0.717, 1.165) is 64.2 Å². The first-order valence-electron chi connectivity index (χ1n) is 31.1. The topological polar surface area (TPSA) is 146 Å². The fourth-order valence-electron chi connectivity index (χ4n) is 10.8. The molecule has 0 aliphatic carbocycles. The molecule has 0 aromatic rings. The molecule has 6 N–H and O–H groups in total. The maximum Gasteiger partial charge on any atom is 0.243 e. The van der Waals surface area contributed by atoms with Gasteiger partial charge in [-0.05, 0) is 143 Å². The quantitative estimate of drug-likeness (QED) is 0.0153. The average Bonchev–Trinajstić information content (AvgIpc) is 3.35. The number of rotatable bonds is 44. The van der Waals surface area contributed by atoms with Crippen LogP contribution in [-0.4, -0.2) is 118 Å². The molecule has 10 nitrogen and oxygen atoms in total. The molecule has 1 aliphatic heterocycles. The number of carbonyl (C=O) groups excluding carboxylic acids is 2. The van der Waals surface area contributed by atoms with Crippen LogP contribution in [0.2, 0.25) is 0 Å². The maximum atomic E-state index is 13.4. The largest absolute Gasteiger partial charge is 0.392 e. The monoisotopic (exact) mass is 1130 g/mol. The van der Waals surface area contributed by atoms with Crippen LogP contribution in [-0.2, 0) is 9.59 Å². The number of amides is 2. The van der Waals surface area contributed by atoms with Crippen molar-refractivity contribution in [3.63, 3.8) is 0 Å². The zero-order chi connectivity index (χ0) is 60.2. The van der Waals surface area contributed by atoms with Gasteiger partial charge in [-0.15, -0.1) is 0 Å². The van der Waals surface area contributed by atoms with Crippen LogP contribution >= 0.6 is 8.58 Å². The highest BCUT2D eigenvalue weighted by Gasteiger charge is 2.33. The van der Waals surface area contributed by atoms with Crippen LogP contribution in [0.4, 0.5) is 0 Å². The van der Waals surface area contributed by atoms with Crippen LogP contribution < -0.4 is 10.6 Å². The lowest BCUT2D eigenvalue weighted by Crippen LogP contribution is -2.61. The predicted molar refractivity (Wildman–Crippen MR) is 346 cm³/mol. The fourth-order valence-corrected chi connectivity index (χ4v) is 11.7. The first-order chi connectivity index (χ1) is 37.6. The lowest BCUT2D eigenvalue weighted by Gasteiger charge is -2.31. The molecule has 11 unspecified atom stereocenters. The van der Waals surface area contributed by atoms with E-state index in [0.29, 0.717) is 83.2 Å². The van der Waals surface area contributed by atoms with Crippen LogP contribution in [0.5, 0.6) is 0 Å². The Bertz CT molecular complexity index is 1930. The Morgan fingerprint density at radius 1 is 0.613 bits per heavy atom. The first-order valence-corrected chi connectivity index (χ1v) is 32.3. The Balaban J connectivity index is 2.90. The van der Waals surface area contributed by atoms with Gasteiger partial charge in [0.05, 0.1) is 24.2 Å². The summed E-state index contributed by atoms with van der Waals surface area (Å²) in [6, 6.07) is -1.23. The Hall–Kier alpha value is -3.21. The molecule has 1 rings (SSSR count). The Morgan fingerprint density at radius 2 is 1.14 bits per heavy atom. The van der Waals surface area contributed by atoms with E-state index in [1.165, 1.54) is 0 Å². The van der Waals surface area contributed by atoms with Crippen LogP contribution in [0.15, 0.2) is 110 Å². The number of allylic oxidation sites excluding steroid dienone is 15. The summed E-state index contributed by atoms with van der Waals surface area (Å²) in [5.41, 5.74) is 0.555. The summed E-state index contributed by atoms with van der Waals surface area (Å²) >= 11 is 0. The number of hydrogen-bond acceptors (Lipinski definition) is 8. The number of piperazine rings is 1.